The monoisotopic (exact) mass is 286 g/mol. The first-order chi connectivity index (χ1) is 9.98. The fourth-order valence-electron chi connectivity index (χ4n) is 5.99. The van der Waals surface area contributed by atoms with E-state index in [2.05, 4.69) is 19.9 Å². The molecular formula is C19H26O2. The summed E-state index contributed by atoms with van der Waals surface area (Å²) in [5.74, 6) is 3.06. The van der Waals surface area contributed by atoms with Gasteiger partial charge in [0.15, 0.2) is 0 Å². The summed E-state index contributed by atoms with van der Waals surface area (Å²) >= 11 is 0. The third-order valence-corrected chi connectivity index (χ3v) is 6.80. The number of rotatable bonds is 0. The van der Waals surface area contributed by atoms with Crippen LogP contribution in [0.5, 0.6) is 5.75 Å². The van der Waals surface area contributed by atoms with Crippen LogP contribution in [0.15, 0.2) is 18.2 Å². The molecule has 3 unspecified atom stereocenters. The van der Waals surface area contributed by atoms with Gasteiger partial charge in [-0.05, 0) is 84.5 Å². The Hall–Kier alpha value is -1.02. The summed E-state index contributed by atoms with van der Waals surface area (Å²) in [5.41, 5.74) is 3.17. The first-order valence-electron chi connectivity index (χ1n) is 8.48. The molecule has 0 heterocycles. The first-order valence-corrected chi connectivity index (χ1v) is 8.48. The van der Waals surface area contributed by atoms with Gasteiger partial charge in [-0.3, -0.25) is 0 Å². The molecular weight excluding hydrogens is 260 g/mol. The molecule has 2 N–H and O–H groups in total. The minimum atomic E-state index is -0.0906. The van der Waals surface area contributed by atoms with Gasteiger partial charge in [-0.25, -0.2) is 0 Å². The van der Waals surface area contributed by atoms with Crippen LogP contribution < -0.4 is 0 Å². The van der Waals surface area contributed by atoms with Crippen LogP contribution in [-0.2, 0) is 6.42 Å². The van der Waals surface area contributed by atoms with Crippen molar-refractivity contribution in [3.63, 3.8) is 0 Å². The van der Waals surface area contributed by atoms with Gasteiger partial charge in [-0.1, -0.05) is 19.9 Å². The van der Waals surface area contributed by atoms with Crippen molar-refractivity contribution in [2.45, 2.75) is 58.0 Å². The Kier molecular flexibility index (Phi) is 2.91. The van der Waals surface area contributed by atoms with Crippen molar-refractivity contribution in [2.75, 3.05) is 0 Å². The Morgan fingerprint density at radius 3 is 2.90 bits per heavy atom. The van der Waals surface area contributed by atoms with E-state index in [0.29, 0.717) is 34.8 Å². The number of aromatic hydroxyl groups is 1. The third-order valence-electron chi connectivity index (χ3n) is 6.80. The summed E-state index contributed by atoms with van der Waals surface area (Å²) in [6, 6.07) is 5.98. The van der Waals surface area contributed by atoms with Gasteiger partial charge in [-0.2, -0.15) is 0 Å². The van der Waals surface area contributed by atoms with Crippen molar-refractivity contribution in [3.05, 3.63) is 29.3 Å². The molecule has 2 fully saturated rings. The van der Waals surface area contributed by atoms with E-state index in [-0.39, 0.29) is 6.10 Å². The van der Waals surface area contributed by atoms with Gasteiger partial charge in [-0.15, -0.1) is 0 Å². The van der Waals surface area contributed by atoms with Crippen molar-refractivity contribution in [2.24, 2.45) is 23.2 Å². The highest BCUT2D eigenvalue weighted by molar-refractivity contribution is 5.40. The van der Waals surface area contributed by atoms with Crippen molar-refractivity contribution in [1.82, 2.24) is 0 Å². The Labute approximate surface area is 127 Å². The highest BCUT2D eigenvalue weighted by Gasteiger charge is 2.54. The van der Waals surface area contributed by atoms with Crippen LogP contribution in [0.2, 0.25) is 0 Å². The van der Waals surface area contributed by atoms with E-state index in [9.17, 15) is 10.2 Å². The van der Waals surface area contributed by atoms with Crippen molar-refractivity contribution in [3.8, 4) is 5.75 Å². The summed E-state index contributed by atoms with van der Waals surface area (Å²) in [5, 5.41) is 20.0. The second-order valence-corrected chi connectivity index (χ2v) is 8.14. The number of benzene rings is 1. The van der Waals surface area contributed by atoms with Gasteiger partial charge >= 0.3 is 0 Å². The average molecular weight is 286 g/mol. The molecule has 4 rings (SSSR count). The van der Waals surface area contributed by atoms with Crippen LogP contribution in [0.1, 0.15) is 56.6 Å². The van der Waals surface area contributed by atoms with E-state index in [1.54, 1.807) is 0 Å². The lowest BCUT2D eigenvalue weighted by Gasteiger charge is -2.51. The maximum absolute atomic E-state index is 10.2. The summed E-state index contributed by atoms with van der Waals surface area (Å²) in [4.78, 5) is 0. The fraction of sp³-hybridized carbons (Fsp3) is 0.684. The number of hydrogen-bond donors (Lipinski definition) is 2. The summed E-state index contributed by atoms with van der Waals surface area (Å²) < 4.78 is 0. The van der Waals surface area contributed by atoms with E-state index in [0.717, 1.165) is 19.3 Å². The van der Waals surface area contributed by atoms with E-state index in [4.69, 9.17) is 0 Å². The van der Waals surface area contributed by atoms with Crippen LogP contribution in [0.4, 0.5) is 0 Å². The standard InChI is InChI=1S/C19H26O2/c1-11-7-12-8-13(20)3-4-15(12)16-5-6-19(2)10-14(21)9-17(19)18(11)16/h3-4,8,11,14,16-18,20-21H,5-7,9-10H2,1-2H3/t11-,14+,16?,17?,18?,19-/m1/s1. The molecule has 114 valence electrons. The predicted octanol–water partition coefficient (Wildman–Crippen LogP) is 3.86. The van der Waals surface area contributed by atoms with Crippen molar-refractivity contribution < 1.29 is 10.2 Å². The zero-order valence-electron chi connectivity index (χ0n) is 13.0. The Balaban J connectivity index is 1.75. The van der Waals surface area contributed by atoms with Gasteiger partial charge in [0, 0.05) is 0 Å². The summed E-state index contributed by atoms with van der Waals surface area (Å²) in [6.07, 6.45) is 5.46. The summed E-state index contributed by atoms with van der Waals surface area (Å²) in [6.45, 7) is 4.78. The number of aliphatic hydroxyl groups is 1. The molecule has 3 aliphatic carbocycles. The van der Waals surface area contributed by atoms with E-state index in [1.165, 1.54) is 24.0 Å². The molecule has 0 bridgehead atoms. The Morgan fingerprint density at radius 1 is 1.29 bits per heavy atom. The molecule has 0 radical (unpaired) electrons. The zero-order chi connectivity index (χ0) is 14.8. The maximum atomic E-state index is 10.2. The maximum Gasteiger partial charge on any atom is 0.115 e. The number of phenolic OH excluding ortho intramolecular Hbond substituents is 1. The molecule has 0 aromatic heterocycles. The second kappa shape index (κ2) is 4.49. The lowest BCUT2D eigenvalue weighted by atomic mass is 9.53. The molecule has 3 aliphatic rings. The van der Waals surface area contributed by atoms with E-state index in [1.807, 2.05) is 12.1 Å². The van der Waals surface area contributed by atoms with Crippen LogP contribution in [0.25, 0.3) is 0 Å². The molecule has 0 spiro atoms. The number of aliphatic hydroxyl groups excluding tert-OH is 1. The second-order valence-electron chi connectivity index (χ2n) is 8.14. The number of fused-ring (bicyclic) bond motifs is 5. The highest BCUT2D eigenvalue weighted by atomic mass is 16.3. The minimum Gasteiger partial charge on any atom is -0.508 e. The molecule has 21 heavy (non-hydrogen) atoms. The number of hydrogen-bond acceptors (Lipinski definition) is 2. The lowest BCUT2D eigenvalue weighted by molar-refractivity contribution is 0.0313. The smallest absolute Gasteiger partial charge is 0.115 e. The Bertz CT molecular complexity index is 567. The quantitative estimate of drug-likeness (QED) is 0.760. The molecule has 0 saturated heterocycles. The molecule has 0 aliphatic heterocycles. The Morgan fingerprint density at radius 2 is 2.10 bits per heavy atom. The summed E-state index contributed by atoms with van der Waals surface area (Å²) in [7, 11) is 0. The predicted molar refractivity (Wildman–Crippen MR) is 83.3 cm³/mol. The van der Waals surface area contributed by atoms with Gasteiger partial charge in [0.2, 0.25) is 0 Å². The lowest BCUT2D eigenvalue weighted by Crippen LogP contribution is -2.43. The average Bonchev–Trinajstić information content (AvgIpc) is 2.72. The zero-order valence-corrected chi connectivity index (χ0v) is 13.0. The van der Waals surface area contributed by atoms with Crippen LogP contribution in [-0.4, -0.2) is 16.3 Å². The van der Waals surface area contributed by atoms with E-state index >= 15 is 0 Å². The van der Waals surface area contributed by atoms with Crippen LogP contribution in [0, 0.1) is 23.2 Å². The SMILES string of the molecule is C[C@@H]1Cc2cc(O)ccc2C2CC[C@]3(C)C[C@@H](O)CC3C21. The molecule has 1 aromatic rings. The normalized spacial score (nSPS) is 44.8. The minimum absolute atomic E-state index is 0.0906. The van der Waals surface area contributed by atoms with Gasteiger partial charge < -0.3 is 10.2 Å². The van der Waals surface area contributed by atoms with E-state index < -0.39 is 0 Å². The first kappa shape index (κ1) is 13.6. The van der Waals surface area contributed by atoms with Gasteiger partial charge in [0.05, 0.1) is 6.10 Å². The van der Waals surface area contributed by atoms with Crippen molar-refractivity contribution >= 4 is 0 Å². The van der Waals surface area contributed by atoms with Crippen molar-refractivity contribution in [1.29, 1.82) is 0 Å². The molecule has 1 aromatic carbocycles. The molecule has 0 amide bonds. The third kappa shape index (κ3) is 1.95. The molecule has 2 nitrogen and oxygen atoms in total. The molecule has 2 heteroatoms. The fourth-order valence-corrected chi connectivity index (χ4v) is 5.99. The highest BCUT2D eigenvalue weighted by Crippen LogP contribution is 2.62. The van der Waals surface area contributed by atoms with Gasteiger partial charge in [0.1, 0.15) is 5.75 Å². The molecule has 2 saturated carbocycles. The van der Waals surface area contributed by atoms with Crippen LogP contribution in [0.3, 0.4) is 0 Å². The van der Waals surface area contributed by atoms with Crippen LogP contribution >= 0.6 is 0 Å². The number of phenols is 1. The molecule has 6 atom stereocenters. The topological polar surface area (TPSA) is 40.5 Å². The van der Waals surface area contributed by atoms with Gasteiger partial charge in [0.25, 0.3) is 0 Å². The largest absolute Gasteiger partial charge is 0.508 e.